The predicted molar refractivity (Wildman–Crippen MR) is 70.7 cm³/mol. The fourth-order valence-corrected chi connectivity index (χ4v) is 2.20. The molecule has 0 aromatic carbocycles. The maximum absolute atomic E-state index is 5.26. The van der Waals surface area contributed by atoms with E-state index in [2.05, 4.69) is 32.2 Å². The number of nitrogens with zero attached hydrogens (tertiary/aromatic N) is 6. The van der Waals surface area contributed by atoms with Crippen LogP contribution in [0.15, 0.2) is 22.3 Å². The molecule has 0 fully saturated rings. The van der Waals surface area contributed by atoms with E-state index in [0.29, 0.717) is 23.4 Å². The number of allylic oxidation sites excluding steroid dienone is 1. The van der Waals surface area contributed by atoms with Crippen LogP contribution in [0, 0.1) is 0 Å². The molecule has 2 heterocycles. The van der Waals surface area contributed by atoms with E-state index in [0.717, 1.165) is 0 Å². The minimum absolute atomic E-state index is 0.00503. The van der Waals surface area contributed by atoms with Crippen molar-refractivity contribution in [2.75, 3.05) is 0 Å². The molecule has 2 rings (SSSR count). The fourth-order valence-electron chi connectivity index (χ4n) is 1.37. The molecule has 0 N–H and O–H groups in total. The highest BCUT2D eigenvalue weighted by Crippen LogP contribution is 2.32. The molecule has 0 saturated heterocycles. The van der Waals surface area contributed by atoms with Crippen molar-refractivity contribution in [1.29, 1.82) is 0 Å². The predicted octanol–water partition coefficient (Wildman–Crippen LogP) is 2.22. The first-order chi connectivity index (χ1) is 9.11. The molecule has 0 aliphatic carbocycles. The third-order valence-electron chi connectivity index (χ3n) is 2.40. The van der Waals surface area contributed by atoms with Gasteiger partial charge in [-0.25, -0.2) is 4.68 Å². The zero-order valence-corrected chi connectivity index (χ0v) is 12.0. The van der Waals surface area contributed by atoms with Crippen LogP contribution in [0.1, 0.15) is 43.7 Å². The van der Waals surface area contributed by atoms with E-state index in [-0.39, 0.29) is 11.2 Å². The second-order valence-corrected chi connectivity index (χ2v) is 5.65. The summed E-state index contributed by atoms with van der Waals surface area (Å²) in [5.74, 6) is 1.55. The van der Waals surface area contributed by atoms with E-state index in [1.165, 1.54) is 11.8 Å². The summed E-state index contributed by atoms with van der Waals surface area (Å²) in [6.45, 7) is 10.3. The van der Waals surface area contributed by atoms with Gasteiger partial charge in [-0.15, -0.1) is 11.7 Å². The molecular weight excluding hydrogens is 264 g/mol. The number of hydrogen-bond donors (Lipinski definition) is 0. The zero-order valence-electron chi connectivity index (χ0n) is 11.1. The Hall–Kier alpha value is -1.70. The number of hydrogen-bond acceptors (Lipinski definition) is 7. The first kappa shape index (κ1) is 13.7. The summed E-state index contributed by atoms with van der Waals surface area (Å²) in [7, 11) is 0. The van der Waals surface area contributed by atoms with Gasteiger partial charge in [0, 0.05) is 5.92 Å². The molecule has 19 heavy (non-hydrogen) atoms. The van der Waals surface area contributed by atoms with E-state index in [1.54, 1.807) is 10.8 Å². The summed E-state index contributed by atoms with van der Waals surface area (Å²) in [4.78, 5) is 4.37. The average Bonchev–Trinajstić information content (AvgIpc) is 2.99. The molecule has 0 saturated carbocycles. The van der Waals surface area contributed by atoms with Crippen LogP contribution in [-0.4, -0.2) is 30.3 Å². The van der Waals surface area contributed by atoms with Crippen LogP contribution in [0.25, 0.3) is 0 Å². The van der Waals surface area contributed by atoms with Gasteiger partial charge in [0.25, 0.3) is 0 Å². The molecule has 0 amide bonds. The van der Waals surface area contributed by atoms with E-state index in [4.69, 9.17) is 4.52 Å². The van der Waals surface area contributed by atoms with Crippen molar-refractivity contribution in [3.63, 3.8) is 0 Å². The SMILES string of the molecule is C=CCn1nnnc1S[C@@H](C)c1nc(C(C)C)no1. The molecule has 0 bridgehead atoms. The molecule has 102 valence electrons. The topological polar surface area (TPSA) is 82.5 Å². The van der Waals surface area contributed by atoms with Gasteiger partial charge in [-0.05, 0) is 17.4 Å². The molecule has 8 heteroatoms. The van der Waals surface area contributed by atoms with Crippen molar-refractivity contribution in [3.05, 3.63) is 24.4 Å². The third kappa shape index (κ3) is 3.19. The maximum atomic E-state index is 5.26. The van der Waals surface area contributed by atoms with Crippen LogP contribution in [0.2, 0.25) is 0 Å². The first-order valence-electron chi connectivity index (χ1n) is 5.99. The van der Waals surface area contributed by atoms with Crippen molar-refractivity contribution in [3.8, 4) is 0 Å². The molecule has 7 nitrogen and oxygen atoms in total. The Balaban J connectivity index is 2.09. The standard InChI is InChI=1S/C11H16N6OS/c1-5-6-17-11(13-15-16-17)19-8(4)10-12-9(7(2)3)14-18-10/h5,7-8H,1,6H2,2-4H3/t8-/m0/s1. The Kier molecular flexibility index (Phi) is 4.31. The van der Waals surface area contributed by atoms with Gasteiger partial charge in [-0.3, -0.25) is 0 Å². The largest absolute Gasteiger partial charge is 0.338 e. The third-order valence-corrected chi connectivity index (χ3v) is 3.46. The van der Waals surface area contributed by atoms with Gasteiger partial charge >= 0.3 is 0 Å². The van der Waals surface area contributed by atoms with Gasteiger partial charge in [0.15, 0.2) is 5.82 Å². The van der Waals surface area contributed by atoms with Crippen molar-refractivity contribution in [1.82, 2.24) is 30.3 Å². The number of aromatic nitrogens is 6. The summed E-state index contributed by atoms with van der Waals surface area (Å²) in [5.41, 5.74) is 0. The van der Waals surface area contributed by atoms with Gasteiger partial charge in [0.2, 0.25) is 11.0 Å². The lowest BCUT2D eigenvalue weighted by molar-refractivity contribution is 0.372. The lowest BCUT2D eigenvalue weighted by atomic mass is 10.2. The quantitative estimate of drug-likeness (QED) is 0.592. The van der Waals surface area contributed by atoms with Crippen LogP contribution < -0.4 is 0 Å². The Morgan fingerprint density at radius 1 is 1.42 bits per heavy atom. The highest BCUT2D eigenvalue weighted by atomic mass is 32.2. The molecule has 0 aliphatic rings. The van der Waals surface area contributed by atoms with Crippen LogP contribution in [0.3, 0.4) is 0 Å². The molecule has 0 unspecified atom stereocenters. The molecule has 0 spiro atoms. The summed E-state index contributed by atoms with van der Waals surface area (Å²) < 4.78 is 6.93. The van der Waals surface area contributed by atoms with Crippen LogP contribution >= 0.6 is 11.8 Å². The smallest absolute Gasteiger partial charge is 0.239 e. The molecule has 1 atom stereocenters. The molecule has 2 aromatic heterocycles. The van der Waals surface area contributed by atoms with Crippen molar-refractivity contribution in [2.45, 2.75) is 43.6 Å². The summed E-state index contributed by atoms with van der Waals surface area (Å²) in [5, 5.41) is 16.2. The highest BCUT2D eigenvalue weighted by molar-refractivity contribution is 7.99. The lowest BCUT2D eigenvalue weighted by Crippen LogP contribution is -2.01. The lowest BCUT2D eigenvalue weighted by Gasteiger charge is -2.05. The van der Waals surface area contributed by atoms with E-state index in [1.807, 2.05) is 20.8 Å². The van der Waals surface area contributed by atoms with E-state index < -0.39 is 0 Å². The van der Waals surface area contributed by atoms with E-state index >= 15 is 0 Å². The van der Waals surface area contributed by atoms with Gasteiger partial charge in [-0.1, -0.05) is 36.8 Å². The monoisotopic (exact) mass is 280 g/mol. The Morgan fingerprint density at radius 3 is 2.84 bits per heavy atom. The van der Waals surface area contributed by atoms with Gasteiger partial charge in [-0.2, -0.15) is 4.98 Å². The Morgan fingerprint density at radius 2 is 2.21 bits per heavy atom. The number of rotatable bonds is 6. The van der Waals surface area contributed by atoms with Crippen LogP contribution in [0.5, 0.6) is 0 Å². The second-order valence-electron chi connectivity index (χ2n) is 4.34. The first-order valence-corrected chi connectivity index (χ1v) is 6.87. The fraction of sp³-hybridized carbons (Fsp3) is 0.545. The minimum Gasteiger partial charge on any atom is -0.338 e. The normalized spacial score (nSPS) is 12.8. The minimum atomic E-state index is -0.00503. The van der Waals surface area contributed by atoms with Gasteiger partial charge in [0.05, 0.1) is 11.8 Å². The van der Waals surface area contributed by atoms with Crippen molar-refractivity contribution < 1.29 is 4.52 Å². The summed E-state index contributed by atoms with van der Waals surface area (Å²) >= 11 is 1.48. The molecule has 0 aliphatic heterocycles. The number of tetrazole rings is 1. The molecule has 2 aromatic rings. The van der Waals surface area contributed by atoms with Gasteiger partial charge in [0.1, 0.15) is 0 Å². The van der Waals surface area contributed by atoms with Crippen molar-refractivity contribution in [2.24, 2.45) is 0 Å². The average molecular weight is 280 g/mol. The van der Waals surface area contributed by atoms with Crippen LogP contribution in [0.4, 0.5) is 0 Å². The van der Waals surface area contributed by atoms with Gasteiger partial charge < -0.3 is 4.52 Å². The molecule has 0 radical (unpaired) electrons. The Labute approximate surface area is 115 Å². The second kappa shape index (κ2) is 5.96. The maximum Gasteiger partial charge on any atom is 0.239 e. The zero-order chi connectivity index (χ0) is 13.8. The van der Waals surface area contributed by atoms with E-state index in [9.17, 15) is 0 Å². The highest BCUT2D eigenvalue weighted by Gasteiger charge is 2.19. The van der Waals surface area contributed by atoms with Crippen molar-refractivity contribution >= 4 is 11.8 Å². The summed E-state index contributed by atoms with van der Waals surface area (Å²) in [6.07, 6.45) is 1.74. The summed E-state index contributed by atoms with van der Waals surface area (Å²) in [6, 6.07) is 0. The van der Waals surface area contributed by atoms with Crippen LogP contribution in [-0.2, 0) is 6.54 Å². The Bertz CT molecular complexity index is 549. The number of thioether (sulfide) groups is 1. The molecular formula is C11H16N6OS.